The number of carbonyl (C=O) groups is 1. The Hall–Kier alpha value is -0.880. The van der Waals surface area contributed by atoms with E-state index in [0.29, 0.717) is 0 Å². The molecule has 2 nitrogen and oxygen atoms in total. The Morgan fingerprint density at radius 1 is 1.20 bits per heavy atom. The van der Waals surface area contributed by atoms with Crippen LogP contribution in [0.5, 0.6) is 0 Å². The van der Waals surface area contributed by atoms with Gasteiger partial charge < -0.3 is 4.74 Å². The molecule has 0 amide bonds. The minimum absolute atomic E-state index is 0.0531. The lowest BCUT2D eigenvalue weighted by Gasteiger charge is -2.17. The highest BCUT2D eigenvalue weighted by molar-refractivity contribution is 5.78. The topological polar surface area (TPSA) is 26.3 Å². The molecule has 0 radical (unpaired) electrons. The van der Waals surface area contributed by atoms with Crippen molar-refractivity contribution in [3.05, 3.63) is 0 Å². The Kier molecular flexibility index (Phi) is 4.48. The van der Waals surface area contributed by atoms with Crippen LogP contribution in [-0.4, -0.2) is 24.7 Å². The first-order valence-electron chi connectivity index (χ1n) is 4.20. The number of hydrogen-bond donors (Lipinski definition) is 0. The smallest absolute Gasteiger partial charge is 0.461 e. The molecular formula is C8H11F5O2. The molecule has 0 spiro atoms. The van der Waals surface area contributed by atoms with Crippen molar-refractivity contribution in [2.24, 2.45) is 5.92 Å². The summed E-state index contributed by atoms with van der Waals surface area (Å²) in [6, 6.07) is 0. The zero-order valence-corrected chi connectivity index (χ0v) is 8.20. The zero-order valence-electron chi connectivity index (χ0n) is 8.20. The lowest BCUT2D eigenvalue weighted by atomic mass is 10.1. The molecule has 0 aromatic carbocycles. The van der Waals surface area contributed by atoms with E-state index in [1.165, 1.54) is 0 Å². The van der Waals surface area contributed by atoms with Crippen LogP contribution >= 0.6 is 0 Å². The number of ether oxygens (including phenoxy) is 1. The van der Waals surface area contributed by atoms with Crippen molar-refractivity contribution < 1.29 is 31.5 Å². The molecule has 0 atom stereocenters. The second-order valence-corrected chi connectivity index (χ2v) is 3.39. The summed E-state index contributed by atoms with van der Waals surface area (Å²) in [5.74, 6) is -7.92. The van der Waals surface area contributed by atoms with Crippen molar-refractivity contribution in [3.63, 3.8) is 0 Å². The van der Waals surface area contributed by atoms with E-state index in [-0.39, 0.29) is 12.3 Å². The molecule has 0 rings (SSSR count). The van der Waals surface area contributed by atoms with Gasteiger partial charge in [0.05, 0.1) is 6.61 Å². The number of alkyl halides is 5. The van der Waals surface area contributed by atoms with Gasteiger partial charge >= 0.3 is 18.1 Å². The Morgan fingerprint density at radius 2 is 1.67 bits per heavy atom. The second-order valence-electron chi connectivity index (χ2n) is 3.39. The maximum atomic E-state index is 12.2. The van der Waals surface area contributed by atoms with Crippen molar-refractivity contribution in [3.8, 4) is 0 Å². The molecule has 0 aromatic rings. The average molecular weight is 234 g/mol. The molecule has 0 saturated carbocycles. The molecule has 0 aliphatic rings. The van der Waals surface area contributed by atoms with Gasteiger partial charge in [-0.2, -0.15) is 22.0 Å². The van der Waals surface area contributed by atoms with E-state index in [1.807, 2.05) is 0 Å². The molecule has 0 fully saturated rings. The molecule has 0 aromatic heterocycles. The van der Waals surface area contributed by atoms with Crippen molar-refractivity contribution in [2.45, 2.75) is 32.4 Å². The Labute approximate surface area is 83.4 Å². The maximum Gasteiger partial charge on any atom is 0.465 e. The summed E-state index contributed by atoms with van der Waals surface area (Å²) in [7, 11) is 0. The number of carbonyl (C=O) groups excluding carboxylic acids is 1. The minimum atomic E-state index is -5.90. The SMILES string of the molecule is CC(C)CCOC(=O)C(F)(F)C(F)(F)F. The highest BCUT2D eigenvalue weighted by atomic mass is 19.4. The van der Waals surface area contributed by atoms with Crippen LogP contribution in [0.2, 0.25) is 0 Å². The van der Waals surface area contributed by atoms with E-state index in [0.717, 1.165) is 0 Å². The summed E-state index contributed by atoms with van der Waals surface area (Å²) in [6.07, 6.45) is -5.67. The zero-order chi connectivity index (χ0) is 12.3. The fraction of sp³-hybridized carbons (Fsp3) is 0.875. The van der Waals surface area contributed by atoms with E-state index in [2.05, 4.69) is 4.74 Å². The standard InChI is InChI=1S/C8H11F5O2/c1-5(2)3-4-15-6(14)7(9,10)8(11,12)13/h5H,3-4H2,1-2H3. The Balaban J connectivity index is 4.21. The molecule has 90 valence electrons. The molecule has 0 bridgehead atoms. The number of hydrogen-bond acceptors (Lipinski definition) is 2. The predicted octanol–water partition coefficient (Wildman–Crippen LogP) is 2.77. The monoisotopic (exact) mass is 234 g/mol. The van der Waals surface area contributed by atoms with Crippen molar-refractivity contribution in [1.29, 1.82) is 0 Å². The Bertz CT molecular complexity index is 222. The molecule has 0 unspecified atom stereocenters. The molecule has 0 aliphatic carbocycles. The average Bonchev–Trinajstić information content (AvgIpc) is 2.01. The highest BCUT2D eigenvalue weighted by Gasteiger charge is 2.64. The van der Waals surface area contributed by atoms with E-state index < -0.39 is 24.7 Å². The molecule has 15 heavy (non-hydrogen) atoms. The molecule has 0 aliphatic heterocycles. The van der Waals surface area contributed by atoms with Gasteiger partial charge in [0.2, 0.25) is 0 Å². The van der Waals surface area contributed by atoms with Gasteiger partial charge in [-0.05, 0) is 12.3 Å². The van der Waals surface area contributed by atoms with Crippen LogP contribution in [0.4, 0.5) is 22.0 Å². The normalized spacial score (nSPS) is 13.1. The lowest BCUT2D eigenvalue weighted by molar-refractivity contribution is -0.280. The first-order chi connectivity index (χ1) is 6.59. The summed E-state index contributed by atoms with van der Waals surface area (Å²) in [5.41, 5.74) is 0. The summed E-state index contributed by atoms with van der Waals surface area (Å²) in [5, 5.41) is 0. The first kappa shape index (κ1) is 14.1. The van der Waals surface area contributed by atoms with Gasteiger partial charge in [-0.25, -0.2) is 4.79 Å². The molecule has 0 saturated heterocycles. The Morgan fingerprint density at radius 3 is 2.00 bits per heavy atom. The lowest BCUT2D eigenvalue weighted by Crippen LogP contribution is -2.45. The third-order valence-corrected chi connectivity index (χ3v) is 1.54. The van der Waals surface area contributed by atoms with Gasteiger partial charge in [-0.1, -0.05) is 13.8 Å². The van der Waals surface area contributed by atoms with Crippen LogP contribution < -0.4 is 0 Å². The fourth-order valence-corrected chi connectivity index (χ4v) is 0.594. The summed E-state index contributed by atoms with van der Waals surface area (Å²) in [4.78, 5) is 10.4. The van der Waals surface area contributed by atoms with Gasteiger partial charge in [-0.3, -0.25) is 0 Å². The molecule has 0 N–H and O–H groups in total. The first-order valence-corrected chi connectivity index (χ1v) is 4.20. The van der Waals surface area contributed by atoms with Gasteiger partial charge in [0.1, 0.15) is 0 Å². The van der Waals surface area contributed by atoms with Crippen LogP contribution in [0.15, 0.2) is 0 Å². The summed E-state index contributed by atoms with van der Waals surface area (Å²) >= 11 is 0. The minimum Gasteiger partial charge on any atom is -0.461 e. The van der Waals surface area contributed by atoms with E-state index >= 15 is 0 Å². The van der Waals surface area contributed by atoms with Crippen LogP contribution in [-0.2, 0) is 9.53 Å². The van der Waals surface area contributed by atoms with Crippen LogP contribution in [0, 0.1) is 5.92 Å². The highest BCUT2D eigenvalue weighted by Crippen LogP contribution is 2.36. The van der Waals surface area contributed by atoms with Crippen LogP contribution in [0.1, 0.15) is 20.3 Å². The van der Waals surface area contributed by atoms with Gasteiger partial charge in [-0.15, -0.1) is 0 Å². The maximum absolute atomic E-state index is 12.2. The largest absolute Gasteiger partial charge is 0.465 e. The number of rotatable bonds is 4. The van der Waals surface area contributed by atoms with Crippen LogP contribution in [0.25, 0.3) is 0 Å². The van der Waals surface area contributed by atoms with E-state index in [1.54, 1.807) is 13.8 Å². The number of esters is 1. The summed E-state index contributed by atoms with van der Waals surface area (Å²) in [6.45, 7) is 2.99. The second kappa shape index (κ2) is 4.76. The van der Waals surface area contributed by atoms with Crippen molar-refractivity contribution >= 4 is 5.97 Å². The molecular weight excluding hydrogens is 223 g/mol. The van der Waals surface area contributed by atoms with Crippen molar-refractivity contribution in [1.82, 2.24) is 0 Å². The van der Waals surface area contributed by atoms with Gasteiger partial charge in [0, 0.05) is 0 Å². The fourth-order valence-electron chi connectivity index (χ4n) is 0.594. The summed E-state index contributed by atoms with van der Waals surface area (Å²) < 4.78 is 63.2. The molecule has 7 heteroatoms. The quantitative estimate of drug-likeness (QED) is 0.552. The predicted molar refractivity (Wildman–Crippen MR) is 41.4 cm³/mol. The van der Waals surface area contributed by atoms with Gasteiger partial charge in [0.15, 0.2) is 0 Å². The van der Waals surface area contributed by atoms with E-state index in [4.69, 9.17) is 0 Å². The van der Waals surface area contributed by atoms with Crippen molar-refractivity contribution in [2.75, 3.05) is 6.61 Å². The molecule has 0 heterocycles. The van der Waals surface area contributed by atoms with E-state index in [9.17, 15) is 26.7 Å². The van der Waals surface area contributed by atoms with Gasteiger partial charge in [0.25, 0.3) is 0 Å². The third kappa shape index (κ3) is 4.01. The van der Waals surface area contributed by atoms with Crippen LogP contribution in [0.3, 0.4) is 0 Å². The number of halogens is 5. The third-order valence-electron chi connectivity index (χ3n) is 1.54.